The number of likely N-dealkylation sites (N-methyl/N-ethyl adjacent to an activating group) is 1. The highest BCUT2D eigenvalue weighted by molar-refractivity contribution is 5.41. The van der Waals surface area contributed by atoms with Gasteiger partial charge in [0.25, 0.3) is 0 Å². The molecular weight excluding hydrogens is 204 g/mol. The zero-order valence-electron chi connectivity index (χ0n) is 9.50. The quantitative estimate of drug-likeness (QED) is 0.774. The number of anilines is 2. The van der Waals surface area contributed by atoms with Crippen LogP contribution in [0.4, 0.5) is 11.8 Å². The van der Waals surface area contributed by atoms with Gasteiger partial charge in [0.15, 0.2) is 0 Å². The van der Waals surface area contributed by atoms with Crippen LogP contribution in [0.5, 0.6) is 0 Å². The molecule has 1 aliphatic carbocycles. The fraction of sp³-hybridized carbons (Fsp3) is 0.636. The van der Waals surface area contributed by atoms with Gasteiger partial charge in [-0.2, -0.15) is 4.98 Å². The molecule has 0 saturated heterocycles. The molecule has 0 bridgehead atoms. The lowest BCUT2D eigenvalue weighted by molar-refractivity contribution is 0.106. The Morgan fingerprint density at radius 3 is 2.88 bits per heavy atom. The van der Waals surface area contributed by atoms with Crippen molar-refractivity contribution in [3.05, 3.63) is 12.3 Å². The van der Waals surface area contributed by atoms with Crippen molar-refractivity contribution in [2.45, 2.75) is 37.8 Å². The van der Waals surface area contributed by atoms with Crippen LogP contribution in [0.2, 0.25) is 0 Å². The summed E-state index contributed by atoms with van der Waals surface area (Å²) in [5.41, 5.74) is 5.55. The summed E-state index contributed by atoms with van der Waals surface area (Å²) < 4.78 is 0. The highest BCUT2D eigenvalue weighted by Crippen LogP contribution is 2.25. The monoisotopic (exact) mass is 222 g/mol. The third kappa shape index (κ3) is 2.24. The number of rotatable bonds is 2. The molecule has 0 aliphatic heterocycles. The predicted octanol–water partition coefficient (Wildman–Crippen LogP) is 0.798. The van der Waals surface area contributed by atoms with Crippen molar-refractivity contribution in [1.29, 1.82) is 0 Å². The number of hydrogen-bond acceptors (Lipinski definition) is 5. The fourth-order valence-electron chi connectivity index (χ4n) is 2.27. The van der Waals surface area contributed by atoms with Gasteiger partial charge in [0.2, 0.25) is 5.95 Å². The van der Waals surface area contributed by atoms with E-state index in [-0.39, 0.29) is 18.1 Å². The maximum absolute atomic E-state index is 9.95. The molecule has 1 aromatic heterocycles. The summed E-state index contributed by atoms with van der Waals surface area (Å²) in [6.45, 7) is 0. The largest absolute Gasteiger partial charge is 0.391 e. The van der Waals surface area contributed by atoms with E-state index in [4.69, 9.17) is 5.73 Å². The Morgan fingerprint density at radius 1 is 1.44 bits per heavy atom. The number of hydrogen-bond donors (Lipinski definition) is 2. The Kier molecular flexibility index (Phi) is 3.24. The molecule has 3 N–H and O–H groups in total. The highest BCUT2D eigenvalue weighted by Gasteiger charge is 2.27. The zero-order valence-corrected chi connectivity index (χ0v) is 9.50. The van der Waals surface area contributed by atoms with E-state index in [0.717, 1.165) is 31.5 Å². The van der Waals surface area contributed by atoms with E-state index in [1.54, 1.807) is 6.20 Å². The first kappa shape index (κ1) is 11.1. The van der Waals surface area contributed by atoms with Gasteiger partial charge in [0, 0.05) is 13.2 Å². The van der Waals surface area contributed by atoms with Crippen LogP contribution >= 0.6 is 0 Å². The molecule has 16 heavy (non-hydrogen) atoms. The van der Waals surface area contributed by atoms with Crippen LogP contribution < -0.4 is 10.6 Å². The molecule has 1 saturated carbocycles. The van der Waals surface area contributed by atoms with Crippen LogP contribution in [0.3, 0.4) is 0 Å². The Hall–Kier alpha value is -1.36. The molecule has 0 amide bonds. The topological polar surface area (TPSA) is 75.3 Å². The number of aliphatic hydroxyl groups excluding tert-OH is 1. The van der Waals surface area contributed by atoms with Crippen molar-refractivity contribution >= 4 is 11.8 Å². The minimum atomic E-state index is -0.269. The van der Waals surface area contributed by atoms with Gasteiger partial charge in [-0.3, -0.25) is 0 Å². The van der Waals surface area contributed by atoms with Crippen molar-refractivity contribution in [3.8, 4) is 0 Å². The first-order chi connectivity index (χ1) is 7.68. The molecule has 1 aliphatic rings. The molecule has 0 aromatic carbocycles. The van der Waals surface area contributed by atoms with Gasteiger partial charge in [-0.05, 0) is 18.9 Å². The maximum Gasteiger partial charge on any atom is 0.221 e. The average molecular weight is 222 g/mol. The Labute approximate surface area is 95.3 Å². The standard InChI is InChI=1S/C11H18N4O/c1-15(8-4-2-3-5-9(8)16)10-6-7-13-11(12)14-10/h6-9,16H,2-5H2,1H3,(H2,12,13,14). The smallest absolute Gasteiger partial charge is 0.221 e. The lowest BCUT2D eigenvalue weighted by Gasteiger charge is -2.35. The molecule has 88 valence electrons. The van der Waals surface area contributed by atoms with E-state index < -0.39 is 0 Å². The Bertz CT molecular complexity index is 358. The minimum absolute atomic E-state index is 0.142. The summed E-state index contributed by atoms with van der Waals surface area (Å²) in [5.74, 6) is 1.05. The Balaban J connectivity index is 2.14. The van der Waals surface area contributed by atoms with Crippen LogP contribution in [0.15, 0.2) is 12.3 Å². The molecule has 2 unspecified atom stereocenters. The van der Waals surface area contributed by atoms with Gasteiger partial charge in [0.05, 0.1) is 12.1 Å². The maximum atomic E-state index is 9.95. The van der Waals surface area contributed by atoms with E-state index in [1.165, 1.54) is 0 Å². The summed E-state index contributed by atoms with van der Waals surface area (Å²) in [6, 6.07) is 1.96. The minimum Gasteiger partial charge on any atom is -0.391 e. The summed E-state index contributed by atoms with van der Waals surface area (Å²) >= 11 is 0. The molecule has 0 radical (unpaired) electrons. The SMILES string of the molecule is CN(c1ccnc(N)n1)C1CCCCC1O. The van der Waals surface area contributed by atoms with Crippen molar-refractivity contribution < 1.29 is 5.11 Å². The van der Waals surface area contributed by atoms with E-state index in [0.29, 0.717) is 0 Å². The number of aliphatic hydroxyl groups is 1. The number of nitrogens with zero attached hydrogens (tertiary/aromatic N) is 3. The second kappa shape index (κ2) is 4.65. The molecule has 5 heteroatoms. The normalized spacial score (nSPS) is 25.4. The van der Waals surface area contributed by atoms with Crippen LogP contribution in [0.25, 0.3) is 0 Å². The predicted molar refractivity (Wildman–Crippen MR) is 63.1 cm³/mol. The number of nitrogens with two attached hydrogens (primary N) is 1. The van der Waals surface area contributed by atoms with Gasteiger partial charge in [-0.25, -0.2) is 4.98 Å². The van der Waals surface area contributed by atoms with Gasteiger partial charge in [0.1, 0.15) is 5.82 Å². The molecular formula is C11H18N4O. The van der Waals surface area contributed by atoms with Crippen molar-refractivity contribution in [3.63, 3.8) is 0 Å². The first-order valence-corrected chi connectivity index (χ1v) is 5.68. The van der Waals surface area contributed by atoms with Crippen LogP contribution in [-0.2, 0) is 0 Å². The van der Waals surface area contributed by atoms with Crippen LogP contribution in [0.1, 0.15) is 25.7 Å². The first-order valence-electron chi connectivity index (χ1n) is 5.68. The average Bonchev–Trinajstić information content (AvgIpc) is 2.29. The molecule has 2 rings (SSSR count). The van der Waals surface area contributed by atoms with Gasteiger partial charge in [-0.15, -0.1) is 0 Å². The molecule has 2 atom stereocenters. The van der Waals surface area contributed by atoms with Crippen molar-refractivity contribution in [2.75, 3.05) is 17.7 Å². The molecule has 1 fully saturated rings. The summed E-state index contributed by atoms with van der Waals surface area (Å²) in [7, 11) is 1.95. The second-order valence-electron chi connectivity index (χ2n) is 4.30. The van der Waals surface area contributed by atoms with Crippen LogP contribution in [-0.4, -0.2) is 34.3 Å². The third-order valence-corrected chi connectivity index (χ3v) is 3.21. The van der Waals surface area contributed by atoms with E-state index in [1.807, 2.05) is 18.0 Å². The second-order valence-corrected chi connectivity index (χ2v) is 4.30. The molecule has 1 heterocycles. The van der Waals surface area contributed by atoms with Crippen molar-refractivity contribution in [1.82, 2.24) is 9.97 Å². The highest BCUT2D eigenvalue weighted by atomic mass is 16.3. The molecule has 1 aromatic rings. The van der Waals surface area contributed by atoms with E-state index in [2.05, 4.69) is 9.97 Å². The summed E-state index contributed by atoms with van der Waals surface area (Å²) in [5, 5.41) is 9.95. The number of nitrogen functional groups attached to an aromatic ring is 1. The summed E-state index contributed by atoms with van der Waals surface area (Å²) in [4.78, 5) is 10.0. The lowest BCUT2D eigenvalue weighted by atomic mass is 9.91. The van der Waals surface area contributed by atoms with E-state index in [9.17, 15) is 5.11 Å². The van der Waals surface area contributed by atoms with Crippen LogP contribution in [0, 0.1) is 0 Å². The van der Waals surface area contributed by atoms with E-state index >= 15 is 0 Å². The van der Waals surface area contributed by atoms with Gasteiger partial charge < -0.3 is 15.7 Å². The number of aromatic nitrogens is 2. The summed E-state index contributed by atoms with van der Waals surface area (Å²) in [6.07, 6.45) is 5.51. The zero-order chi connectivity index (χ0) is 11.5. The van der Waals surface area contributed by atoms with Gasteiger partial charge >= 0.3 is 0 Å². The molecule has 5 nitrogen and oxygen atoms in total. The third-order valence-electron chi connectivity index (χ3n) is 3.21. The Morgan fingerprint density at radius 2 is 2.19 bits per heavy atom. The molecule has 0 spiro atoms. The van der Waals surface area contributed by atoms with Crippen molar-refractivity contribution in [2.24, 2.45) is 0 Å². The fourth-order valence-corrected chi connectivity index (χ4v) is 2.27. The lowest BCUT2D eigenvalue weighted by Crippen LogP contribution is -2.43. The van der Waals surface area contributed by atoms with Gasteiger partial charge in [-0.1, -0.05) is 12.8 Å².